The summed E-state index contributed by atoms with van der Waals surface area (Å²) in [4.78, 5) is 4.26. The number of benzene rings is 2. The van der Waals surface area contributed by atoms with E-state index in [2.05, 4.69) is 65.9 Å². The van der Waals surface area contributed by atoms with E-state index in [4.69, 9.17) is 5.10 Å². The molecule has 4 rings (SSSR count). The number of nitrogens with one attached hydrogen (secondary N) is 1. The first-order chi connectivity index (χ1) is 13.3. The summed E-state index contributed by atoms with van der Waals surface area (Å²) in [5.74, 6) is 0. The number of para-hydroxylation sites is 1. The average molecular weight is 354 g/mol. The summed E-state index contributed by atoms with van der Waals surface area (Å²) < 4.78 is 1.94. The Kier molecular flexibility index (Phi) is 5.08. The monoisotopic (exact) mass is 354 g/mol. The molecule has 4 nitrogen and oxygen atoms in total. The number of aromatic nitrogens is 3. The minimum atomic E-state index is 0.257. The van der Waals surface area contributed by atoms with Gasteiger partial charge in [-0.25, -0.2) is 4.68 Å². The maximum atomic E-state index is 4.84. The first-order valence-electron chi connectivity index (χ1n) is 9.14. The number of hydrogen-bond donors (Lipinski definition) is 1. The largest absolute Gasteiger partial charge is 0.306 e. The zero-order valence-electron chi connectivity index (χ0n) is 15.3. The van der Waals surface area contributed by atoms with Gasteiger partial charge in [0.1, 0.15) is 0 Å². The fourth-order valence-electron chi connectivity index (χ4n) is 3.12. The molecule has 0 fully saturated rings. The van der Waals surface area contributed by atoms with Crippen LogP contribution in [0.4, 0.5) is 0 Å². The predicted molar refractivity (Wildman–Crippen MR) is 108 cm³/mol. The second-order valence-corrected chi connectivity index (χ2v) is 6.54. The van der Waals surface area contributed by atoms with Gasteiger partial charge in [0.05, 0.1) is 11.4 Å². The zero-order chi connectivity index (χ0) is 18.5. The molecule has 2 aromatic carbocycles. The lowest BCUT2D eigenvalue weighted by Crippen LogP contribution is -2.18. The van der Waals surface area contributed by atoms with Gasteiger partial charge in [-0.3, -0.25) is 4.98 Å². The molecule has 0 aliphatic rings. The van der Waals surface area contributed by atoms with Crippen LogP contribution in [0.5, 0.6) is 0 Å². The van der Waals surface area contributed by atoms with Crippen molar-refractivity contribution in [2.24, 2.45) is 0 Å². The van der Waals surface area contributed by atoms with Gasteiger partial charge < -0.3 is 5.32 Å². The Labute approximate surface area is 159 Å². The van der Waals surface area contributed by atoms with Crippen molar-refractivity contribution in [1.29, 1.82) is 0 Å². The van der Waals surface area contributed by atoms with Crippen molar-refractivity contribution >= 4 is 0 Å². The van der Waals surface area contributed by atoms with Gasteiger partial charge in [-0.05, 0) is 36.8 Å². The van der Waals surface area contributed by atoms with Crippen LogP contribution in [0, 0.1) is 0 Å². The lowest BCUT2D eigenvalue weighted by atomic mass is 10.1. The molecule has 0 spiro atoms. The molecule has 0 unspecified atom stereocenters. The van der Waals surface area contributed by atoms with Crippen molar-refractivity contribution in [3.8, 4) is 16.9 Å². The molecule has 0 saturated heterocycles. The summed E-state index contributed by atoms with van der Waals surface area (Å²) in [5, 5.41) is 8.45. The summed E-state index contributed by atoms with van der Waals surface area (Å²) in [7, 11) is 0. The number of rotatable bonds is 6. The number of hydrogen-bond acceptors (Lipinski definition) is 3. The molecule has 27 heavy (non-hydrogen) atoms. The zero-order valence-corrected chi connectivity index (χ0v) is 15.3. The van der Waals surface area contributed by atoms with E-state index in [1.807, 2.05) is 41.2 Å². The van der Waals surface area contributed by atoms with Crippen molar-refractivity contribution in [2.75, 3.05) is 0 Å². The fourth-order valence-corrected chi connectivity index (χ4v) is 3.12. The van der Waals surface area contributed by atoms with Crippen LogP contribution in [0.1, 0.15) is 24.1 Å². The minimum Gasteiger partial charge on any atom is -0.306 e. The van der Waals surface area contributed by atoms with Crippen LogP contribution in [-0.2, 0) is 6.54 Å². The second-order valence-electron chi connectivity index (χ2n) is 6.54. The summed E-state index contributed by atoms with van der Waals surface area (Å²) >= 11 is 0. The van der Waals surface area contributed by atoms with Gasteiger partial charge in [0.15, 0.2) is 0 Å². The van der Waals surface area contributed by atoms with Gasteiger partial charge in [-0.15, -0.1) is 0 Å². The van der Waals surface area contributed by atoms with Crippen molar-refractivity contribution in [3.05, 3.63) is 103 Å². The van der Waals surface area contributed by atoms with Crippen molar-refractivity contribution < 1.29 is 0 Å². The molecule has 2 aromatic heterocycles. The third-order valence-electron chi connectivity index (χ3n) is 4.64. The van der Waals surface area contributed by atoms with E-state index >= 15 is 0 Å². The summed E-state index contributed by atoms with van der Waals surface area (Å²) in [6, 6.07) is 24.9. The molecule has 0 aliphatic heterocycles. The van der Waals surface area contributed by atoms with Crippen LogP contribution >= 0.6 is 0 Å². The molecule has 0 bridgehead atoms. The van der Waals surface area contributed by atoms with Gasteiger partial charge in [-0.2, -0.15) is 5.10 Å². The van der Waals surface area contributed by atoms with Crippen LogP contribution in [0.15, 0.2) is 91.4 Å². The lowest BCUT2D eigenvalue weighted by Gasteiger charge is -2.14. The van der Waals surface area contributed by atoms with Crippen LogP contribution in [0.2, 0.25) is 0 Å². The van der Waals surface area contributed by atoms with Crippen LogP contribution in [0.3, 0.4) is 0 Å². The molecule has 4 aromatic rings. The smallest absolute Gasteiger partial charge is 0.0988 e. The van der Waals surface area contributed by atoms with E-state index in [1.165, 1.54) is 5.56 Å². The van der Waals surface area contributed by atoms with Crippen LogP contribution in [0.25, 0.3) is 16.9 Å². The topological polar surface area (TPSA) is 42.7 Å². The van der Waals surface area contributed by atoms with E-state index in [9.17, 15) is 0 Å². The molecule has 0 saturated carbocycles. The third kappa shape index (κ3) is 3.96. The van der Waals surface area contributed by atoms with Gasteiger partial charge in [0.25, 0.3) is 0 Å². The van der Waals surface area contributed by atoms with Crippen molar-refractivity contribution in [2.45, 2.75) is 19.5 Å². The van der Waals surface area contributed by atoms with E-state index in [0.717, 1.165) is 29.1 Å². The molecular weight excluding hydrogens is 332 g/mol. The maximum Gasteiger partial charge on any atom is 0.0988 e. The molecule has 0 aliphatic carbocycles. The first kappa shape index (κ1) is 17.2. The highest BCUT2D eigenvalue weighted by Crippen LogP contribution is 2.24. The maximum absolute atomic E-state index is 4.84. The standard InChI is InChI=1S/C23H22N4/c1-18(19-9-4-2-5-10-19)25-16-21-17-27(22-12-6-3-7-13-22)26-23(21)20-11-8-14-24-15-20/h2-15,17-18,25H,16H2,1H3/t18-/m0/s1. The molecule has 0 radical (unpaired) electrons. The highest BCUT2D eigenvalue weighted by Gasteiger charge is 2.14. The van der Waals surface area contributed by atoms with Crippen LogP contribution < -0.4 is 5.32 Å². The average Bonchev–Trinajstić information content (AvgIpc) is 3.18. The fraction of sp³-hybridized carbons (Fsp3) is 0.130. The van der Waals surface area contributed by atoms with Crippen molar-refractivity contribution in [3.63, 3.8) is 0 Å². The Hall–Kier alpha value is -3.24. The van der Waals surface area contributed by atoms with E-state index in [0.29, 0.717) is 0 Å². The van der Waals surface area contributed by atoms with E-state index < -0.39 is 0 Å². The summed E-state index contributed by atoms with van der Waals surface area (Å²) in [5.41, 5.74) is 5.45. The van der Waals surface area contributed by atoms with Gasteiger partial charge >= 0.3 is 0 Å². The Balaban J connectivity index is 1.63. The quantitative estimate of drug-likeness (QED) is 0.541. The Morgan fingerprint density at radius 3 is 2.37 bits per heavy atom. The molecule has 0 amide bonds. The Morgan fingerprint density at radius 1 is 0.926 bits per heavy atom. The molecular formula is C23H22N4. The second kappa shape index (κ2) is 7.98. The number of pyridine rings is 1. The normalized spacial score (nSPS) is 12.0. The lowest BCUT2D eigenvalue weighted by molar-refractivity contribution is 0.575. The Morgan fingerprint density at radius 2 is 1.67 bits per heavy atom. The first-order valence-corrected chi connectivity index (χ1v) is 9.14. The SMILES string of the molecule is C[C@H](NCc1cn(-c2ccccc2)nc1-c1cccnc1)c1ccccc1. The van der Waals surface area contributed by atoms with E-state index in [1.54, 1.807) is 6.20 Å². The highest BCUT2D eigenvalue weighted by molar-refractivity contribution is 5.62. The van der Waals surface area contributed by atoms with Gasteiger partial charge in [-0.1, -0.05) is 48.5 Å². The van der Waals surface area contributed by atoms with E-state index in [-0.39, 0.29) is 6.04 Å². The van der Waals surface area contributed by atoms with Crippen molar-refractivity contribution in [1.82, 2.24) is 20.1 Å². The molecule has 1 atom stereocenters. The van der Waals surface area contributed by atoms with Crippen LogP contribution in [-0.4, -0.2) is 14.8 Å². The minimum absolute atomic E-state index is 0.257. The van der Waals surface area contributed by atoms with Gasteiger partial charge in [0, 0.05) is 42.3 Å². The molecule has 1 N–H and O–H groups in total. The molecule has 2 heterocycles. The highest BCUT2D eigenvalue weighted by atomic mass is 15.3. The summed E-state index contributed by atoms with van der Waals surface area (Å²) in [6.07, 6.45) is 5.75. The van der Waals surface area contributed by atoms with Gasteiger partial charge in [0.2, 0.25) is 0 Å². The third-order valence-corrected chi connectivity index (χ3v) is 4.64. The molecule has 4 heteroatoms. The summed E-state index contributed by atoms with van der Waals surface area (Å²) in [6.45, 7) is 2.91. The Bertz CT molecular complexity index is 979. The number of nitrogens with zero attached hydrogens (tertiary/aromatic N) is 3. The molecule has 134 valence electrons. The predicted octanol–water partition coefficient (Wildman–Crippen LogP) is 4.79.